The number of amides is 2. The maximum absolute atomic E-state index is 11.6. The minimum atomic E-state index is -0.989. The number of aliphatic carboxylic acids is 1. The third-order valence-corrected chi connectivity index (χ3v) is 2.68. The molecule has 0 aliphatic carbocycles. The fourth-order valence-electron chi connectivity index (χ4n) is 1.66. The molecule has 0 aromatic carbocycles. The SMILES string of the molecule is CCCCC(C)NC(=O)NCc1cn(CC(=O)O)nn1. The summed E-state index contributed by atoms with van der Waals surface area (Å²) < 4.78 is 1.21. The summed E-state index contributed by atoms with van der Waals surface area (Å²) in [5, 5.41) is 21.5. The largest absolute Gasteiger partial charge is 0.480 e. The van der Waals surface area contributed by atoms with Crippen molar-refractivity contribution >= 4 is 12.0 Å². The van der Waals surface area contributed by atoms with E-state index in [1.807, 2.05) is 6.92 Å². The Hall–Kier alpha value is -2.12. The lowest BCUT2D eigenvalue weighted by Crippen LogP contribution is -2.40. The number of carboxylic acids is 1. The van der Waals surface area contributed by atoms with Gasteiger partial charge in [-0.15, -0.1) is 5.10 Å². The number of hydrogen-bond acceptors (Lipinski definition) is 4. The molecule has 1 heterocycles. The van der Waals surface area contributed by atoms with Gasteiger partial charge in [-0.05, 0) is 13.3 Å². The van der Waals surface area contributed by atoms with Crippen molar-refractivity contribution in [3.63, 3.8) is 0 Å². The topological polar surface area (TPSA) is 109 Å². The maximum Gasteiger partial charge on any atom is 0.325 e. The first-order valence-corrected chi connectivity index (χ1v) is 6.66. The number of hydrogen-bond donors (Lipinski definition) is 3. The van der Waals surface area contributed by atoms with Crippen LogP contribution in [-0.4, -0.2) is 38.1 Å². The zero-order valence-corrected chi connectivity index (χ0v) is 11.8. The molecule has 112 valence electrons. The van der Waals surface area contributed by atoms with E-state index in [9.17, 15) is 9.59 Å². The third kappa shape index (κ3) is 6.17. The van der Waals surface area contributed by atoms with Crippen molar-refractivity contribution in [3.8, 4) is 0 Å². The standard InChI is InChI=1S/C12H21N5O3/c1-3-4-5-9(2)14-12(20)13-6-10-7-17(16-15-10)8-11(18)19/h7,9H,3-6,8H2,1-2H3,(H,18,19)(H2,13,14,20). The lowest BCUT2D eigenvalue weighted by molar-refractivity contribution is -0.137. The van der Waals surface area contributed by atoms with Crippen LogP contribution in [-0.2, 0) is 17.9 Å². The molecule has 0 spiro atoms. The van der Waals surface area contributed by atoms with Crippen molar-refractivity contribution in [1.82, 2.24) is 25.6 Å². The molecule has 2 amide bonds. The number of carbonyl (C=O) groups excluding carboxylic acids is 1. The molecule has 8 nitrogen and oxygen atoms in total. The van der Waals surface area contributed by atoms with Crippen LogP contribution in [0.1, 0.15) is 38.8 Å². The van der Waals surface area contributed by atoms with Crippen molar-refractivity contribution < 1.29 is 14.7 Å². The summed E-state index contributed by atoms with van der Waals surface area (Å²) in [6, 6.07) is -0.140. The number of urea groups is 1. The van der Waals surface area contributed by atoms with E-state index in [1.165, 1.54) is 10.9 Å². The second-order valence-electron chi connectivity index (χ2n) is 4.67. The van der Waals surface area contributed by atoms with Crippen LogP contribution in [0.5, 0.6) is 0 Å². The molecule has 8 heteroatoms. The first kappa shape index (κ1) is 15.9. The van der Waals surface area contributed by atoms with E-state index in [2.05, 4.69) is 27.9 Å². The van der Waals surface area contributed by atoms with Crippen molar-refractivity contribution in [2.45, 2.75) is 52.2 Å². The van der Waals surface area contributed by atoms with Crippen LogP contribution in [0.15, 0.2) is 6.20 Å². The van der Waals surface area contributed by atoms with E-state index in [1.54, 1.807) is 0 Å². The van der Waals surface area contributed by atoms with Crippen molar-refractivity contribution in [2.24, 2.45) is 0 Å². The molecular weight excluding hydrogens is 262 g/mol. The van der Waals surface area contributed by atoms with E-state index in [-0.39, 0.29) is 25.2 Å². The Morgan fingerprint density at radius 3 is 2.90 bits per heavy atom. The molecule has 0 radical (unpaired) electrons. The van der Waals surface area contributed by atoms with Crippen LogP contribution >= 0.6 is 0 Å². The Morgan fingerprint density at radius 2 is 2.25 bits per heavy atom. The smallest absolute Gasteiger partial charge is 0.325 e. The zero-order valence-electron chi connectivity index (χ0n) is 11.8. The highest BCUT2D eigenvalue weighted by atomic mass is 16.4. The molecule has 0 aliphatic heterocycles. The minimum absolute atomic E-state index is 0.123. The molecule has 0 aliphatic rings. The van der Waals surface area contributed by atoms with Crippen molar-refractivity contribution in [3.05, 3.63) is 11.9 Å². The number of carbonyl (C=O) groups is 2. The maximum atomic E-state index is 11.6. The average Bonchev–Trinajstić information content (AvgIpc) is 2.80. The predicted octanol–water partition coefficient (Wildman–Crippen LogP) is 0.741. The van der Waals surface area contributed by atoms with Gasteiger partial charge in [0.2, 0.25) is 0 Å². The number of rotatable bonds is 8. The number of aromatic nitrogens is 3. The Bertz CT molecular complexity index is 446. The molecule has 1 aromatic rings. The molecule has 1 rings (SSSR count). The Labute approximate surface area is 117 Å². The first-order chi connectivity index (χ1) is 9.51. The Kier molecular flexibility index (Phi) is 6.48. The number of unbranched alkanes of at least 4 members (excludes halogenated alkanes) is 1. The molecular formula is C12H21N5O3. The van der Waals surface area contributed by atoms with E-state index in [0.717, 1.165) is 19.3 Å². The van der Waals surface area contributed by atoms with E-state index < -0.39 is 5.97 Å². The molecule has 0 bridgehead atoms. The average molecular weight is 283 g/mol. The number of carboxylic acid groups (broad SMARTS) is 1. The molecule has 1 aromatic heterocycles. The van der Waals surface area contributed by atoms with Crippen LogP contribution in [0, 0.1) is 0 Å². The molecule has 0 saturated carbocycles. The molecule has 1 atom stereocenters. The fourth-order valence-corrected chi connectivity index (χ4v) is 1.66. The third-order valence-electron chi connectivity index (χ3n) is 2.68. The van der Waals surface area contributed by atoms with Crippen LogP contribution in [0.4, 0.5) is 4.79 Å². The summed E-state index contributed by atoms with van der Waals surface area (Å²) >= 11 is 0. The van der Waals surface area contributed by atoms with Gasteiger partial charge in [-0.25, -0.2) is 9.48 Å². The van der Waals surface area contributed by atoms with E-state index in [4.69, 9.17) is 5.11 Å². The highest BCUT2D eigenvalue weighted by Crippen LogP contribution is 1.99. The van der Waals surface area contributed by atoms with Gasteiger partial charge in [-0.2, -0.15) is 0 Å². The van der Waals surface area contributed by atoms with Gasteiger partial charge in [-0.3, -0.25) is 4.79 Å². The van der Waals surface area contributed by atoms with Gasteiger partial charge in [0.15, 0.2) is 0 Å². The van der Waals surface area contributed by atoms with E-state index >= 15 is 0 Å². The predicted molar refractivity (Wildman–Crippen MR) is 72.0 cm³/mol. The molecule has 0 fully saturated rings. The summed E-state index contributed by atoms with van der Waals surface area (Å²) in [5.41, 5.74) is 0.516. The molecule has 0 saturated heterocycles. The summed E-state index contributed by atoms with van der Waals surface area (Å²) in [6.07, 6.45) is 4.61. The van der Waals surface area contributed by atoms with Gasteiger partial charge in [0.1, 0.15) is 12.2 Å². The normalized spacial score (nSPS) is 11.9. The Morgan fingerprint density at radius 1 is 1.50 bits per heavy atom. The second kappa shape index (κ2) is 8.13. The summed E-state index contributed by atoms with van der Waals surface area (Å²) in [7, 11) is 0. The van der Waals surface area contributed by atoms with Gasteiger partial charge in [-0.1, -0.05) is 25.0 Å². The highest BCUT2D eigenvalue weighted by Gasteiger charge is 2.08. The van der Waals surface area contributed by atoms with Gasteiger partial charge in [0, 0.05) is 6.04 Å². The van der Waals surface area contributed by atoms with Gasteiger partial charge in [0.05, 0.1) is 12.7 Å². The summed E-state index contributed by atoms with van der Waals surface area (Å²) in [5.74, 6) is -0.989. The van der Waals surface area contributed by atoms with E-state index in [0.29, 0.717) is 5.69 Å². The number of nitrogens with zero attached hydrogens (tertiary/aromatic N) is 3. The molecule has 20 heavy (non-hydrogen) atoms. The van der Waals surface area contributed by atoms with Crippen LogP contribution in [0.3, 0.4) is 0 Å². The summed E-state index contributed by atoms with van der Waals surface area (Å²) in [4.78, 5) is 22.1. The molecule has 3 N–H and O–H groups in total. The monoisotopic (exact) mass is 283 g/mol. The lowest BCUT2D eigenvalue weighted by atomic mass is 10.1. The first-order valence-electron chi connectivity index (χ1n) is 6.66. The Balaban J connectivity index is 2.30. The lowest BCUT2D eigenvalue weighted by Gasteiger charge is -2.13. The number of nitrogens with one attached hydrogen (secondary N) is 2. The van der Waals surface area contributed by atoms with Crippen molar-refractivity contribution in [1.29, 1.82) is 0 Å². The van der Waals surface area contributed by atoms with Crippen LogP contribution in [0.25, 0.3) is 0 Å². The highest BCUT2D eigenvalue weighted by molar-refractivity contribution is 5.74. The quantitative estimate of drug-likeness (QED) is 0.652. The van der Waals surface area contributed by atoms with Crippen molar-refractivity contribution in [2.75, 3.05) is 0 Å². The second-order valence-corrected chi connectivity index (χ2v) is 4.67. The fraction of sp³-hybridized carbons (Fsp3) is 0.667. The molecule has 1 unspecified atom stereocenters. The van der Waals surface area contributed by atoms with Crippen LogP contribution < -0.4 is 10.6 Å². The van der Waals surface area contributed by atoms with Gasteiger partial charge < -0.3 is 15.7 Å². The van der Waals surface area contributed by atoms with Crippen LogP contribution in [0.2, 0.25) is 0 Å². The van der Waals surface area contributed by atoms with Gasteiger partial charge >= 0.3 is 12.0 Å². The van der Waals surface area contributed by atoms with Gasteiger partial charge in [0.25, 0.3) is 0 Å². The minimum Gasteiger partial charge on any atom is -0.480 e. The summed E-state index contributed by atoms with van der Waals surface area (Å²) in [6.45, 7) is 4.03. The zero-order chi connectivity index (χ0) is 15.0.